The van der Waals surface area contributed by atoms with Crippen molar-refractivity contribution in [2.24, 2.45) is 0 Å². The highest BCUT2D eigenvalue weighted by atomic mass is 35.5. The number of carbonyl (C=O) groups is 1. The minimum Gasteiger partial charge on any atom is -0.507 e. The number of aromatic hydroxyl groups is 1. The van der Waals surface area contributed by atoms with E-state index in [-0.39, 0.29) is 34.3 Å². The Labute approximate surface area is 170 Å². The number of carbonyl (C=O) groups excluding carboxylic acids is 1. The van der Waals surface area contributed by atoms with E-state index in [0.717, 1.165) is 0 Å². The smallest absolute Gasteiger partial charge is 0.261 e. The molecule has 1 aromatic heterocycles. The van der Waals surface area contributed by atoms with E-state index in [2.05, 4.69) is 0 Å². The van der Waals surface area contributed by atoms with E-state index >= 15 is 0 Å². The van der Waals surface area contributed by atoms with E-state index in [1.54, 1.807) is 36.5 Å². The summed E-state index contributed by atoms with van der Waals surface area (Å²) < 4.78 is 18.2. The second kappa shape index (κ2) is 7.89. The molecular formula is C21H16ClNO6. The predicted octanol–water partition coefficient (Wildman–Crippen LogP) is 3.36. The third-order valence-corrected chi connectivity index (χ3v) is 4.72. The van der Waals surface area contributed by atoms with Crippen LogP contribution in [-0.4, -0.2) is 29.2 Å². The van der Waals surface area contributed by atoms with Crippen LogP contribution in [0.3, 0.4) is 0 Å². The molecule has 2 heterocycles. The number of aromatic nitrogens is 1. The number of rotatable bonds is 5. The fourth-order valence-electron chi connectivity index (χ4n) is 2.95. The molecule has 0 spiro atoms. The first-order valence-corrected chi connectivity index (χ1v) is 9.15. The molecule has 8 heteroatoms. The zero-order chi connectivity index (χ0) is 20.4. The lowest BCUT2D eigenvalue weighted by Crippen LogP contribution is -2.23. The maximum Gasteiger partial charge on any atom is 0.261 e. The van der Waals surface area contributed by atoms with Crippen LogP contribution in [0, 0.1) is 0 Å². The van der Waals surface area contributed by atoms with Gasteiger partial charge in [0.2, 0.25) is 0 Å². The molecule has 3 aromatic rings. The van der Waals surface area contributed by atoms with Gasteiger partial charge in [-0.25, -0.2) is 0 Å². The summed E-state index contributed by atoms with van der Waals surface area (Å²) in [6.45, 7) is 0.880. The van der Waals surface area contributed by atoms with Crippen LogP contribution in [0.1, 0.15) is 15.9 Å². The van der Waals surface area contributed by atoms with E-state index in [1.165, 1.54) is 16.7 Å². The number of benzene rings is 2. The molecule has 4 rings (SSSR count). The predicted molar refractivity (Wildman–Crippen MR) is 106 cm³/mol. The molecule has 1 N–H and O–H groups in total. The molecule has 148 valence electrons. The minimum absolute atomic E-state index is 0.0584. The number of aldehydes is 1. The number of phenols is 1. The van der Waals surface area contributed by atoms with Crippen molar-refractivity contribution in [3.63, 3.8) is 0 Å². The van der Waals surface area contributed by atoms with Crippen molar-refractivity contribution in [2.75, 3.05) is 13.2 Å². The van der Waals surface area contributed by atoms with E-state index in [0.29, 0.717) is 42.2 Å². The fourth-order valence-corrected chi connectivity index (χ4v) is 3.18. The van der Waals surface area contributed by atoms with Crippen molar-refractivity contribution in [1.29, 1.82) is 0 Å². The Morgan fingerprint density at radius 3 is 2.72 bits per heavy atom. The van der Waals surface area contributed by atoms with Gasteiger partial charge in [-0.2, -0.15) is 0 Å². The zero-order valence-electron chi connectivity index (χ0n) is 15.1. The number of hydrogen-bond donors (Lipinski definition) is 1. The topological polar surface area (TPSA) is 87.0 Å². The van der Waals surface area contributed by atoms with Gasteiger partial charge in [-0.3, -0.25) is 14.2 Å². The SMILES string of the molecule is O=Cc1cc(Cl)c(OCc2cccn(-c3ccc4c(c3)OCCO4)c2=O)cc1O. The van der Waals surface area contributed by atoms with Crippen molar-refractivity contribution in [3.05, 3.63) is 75.2 Å². The molecule has 0 unspecified atom stereocenters. The van der Waals surface area contributed by atoms with Crippen molar-refractivity contribution in [2.45, 2.75) is 6.61 Å². The van der Waals surface area contributed by atoms with Gasteiger partial charge in [0.1, 0.15) is 31.3 Å². The first-order valence-electron chi connectivity index (χ1n) is 8.78. The summed E-state index contributed by atoms with van der Waals surface area (Å²) in [5.41, 5.74) is 0.807. The van der Waals surface area contributed by atoms with Gasteiger partial charge in [0, 0.05) is 18.3 Å². The summed E-state index contributed by atoms with van der Waals surface area (Å²) >= 11 is 6.08. The number of hydrogen-bond acceptors (Lipinski definition) is 6. The first-order chi connectivity index (χ1) is 14.1. The largest absolute Gasteiger partial charge is 0.507 e. The van der Waals surface area contributed by atoms with Crippen molar-refractivity contribution >= 4 is 17.9 Å². The van der Waals surface area contributed by atoms with Crippen LogP contribution in [0.4, 0.5) is 0 Å². The Hall–Kier alpha value is -3.45. The molecule has 0 saturated heterocycles. The number of ether oxygens (including phenoxy) is 3. The Morgan fingerprint density at radius 2 is 1.93 bits per heavy atom. The first kappa shape index (κ1) is 18.9. The number of nitrogens with zero attached hydrogens (tertiary/aromatic N) is 1. The lowest BCUT2D eigenvalue weighted by molar-refractivity contribution is 0.112. The quantitative estimate of drug-likeness (QED) is 0.645. The summed E-state index contributed by atoms with van der Waals surface area (Å²) in [5.74, 6) is 1.14. The molecule has 1 aliphatic heterocycles. The van der Waals surface area contributed by atoms with Gasteiger partial charge >= 0.3 is 0 Å². The normalized spacial score (nSPS) is 12.4. The standard InChI is InChI=1S/C21H16ClNO6/c22-16-8-14(11-24)17(25)10-19(16)29-12-13-2-1-5-23(21(13)26)15-3-4-18-20(9-15)28-7-6-27-18/h1-5,8-11,25H,6-7,12H2. The highest BCUT2D eigenvalue weighted by Crippen LogP contribution is 2.33. The highest BCUT2D eigenvalue weighted by molar-refractivity contribution is 6.32. The lowest BCUT2D eigenvalue weighted by Gasteiger charge is -2.19. The van der Waals surface area contributed by atoms with Crippen LogP contribution >= 0.6 is 11.6 Å². The third-order valence-electron chi connectivity index (χ3n) is 4.42. The summed E-state index contributed by atoms with van der Waals surface area (Å²) in [7, 11) is 0. The number of pyridine rings is 1. The fraction of sp³-hybridized carbons (Fsp3) is 0.143. The van der Waals surface area contributed by atoms with E-state index in [4.69, 9.17) is 25.8 Å². The molecular weight excluding hydrogens is 398 g/mol. The second-order valence-corrected chi connectivity index (χ2v) is 6.69. The van der Waals surface area contributed by atoms with Crippen molar-refractivity contribution < 1.29 is 24.1 Å². The van der Waals surface area contributed by atoms with Crippen LogP contribution in [0.15, 0.2) is 53.5 Å². The Kier molecular flexibility index (Phi) is 5.14. The molecule has 0 aliphatic carbocycles. The van der Waals surface area contributed by atoms with Gasteiger partial charge in [0.15, 0.2) is 17.8 Å². The Morgan fingerprint density at radius 1 is 1.14 bits per heavy atom. The third kappa shape index (κ3) is 3.77. The molecule has 1 aliphatic rings. The maximum absolute atomic E-state index is 12.9. The van der Waals surface area contributed by atoms with Gasteiger partial charge < -0.3 is 19.3 Å². The Bertz CT molecular complexity index is 1140. The minimum atomic E-state index is -0.269. The number of halogens is 1. The molecule has 0 radical (unpaired) electrons. The van der Waals surface area contributed by atoms with Crippen LogP contribution in [-0.2, 0) is 6.61 Å². The number of phenolic OH excluding ortho intramolecular Hbond substituents is 1. The summed E-state index contributed by atoms with van der Waals surface area (Å²) in [6.07, 6.45) is 2.14. The van der Waals surface area contributed by atoms with Gasteiger partial charge in [-0.05, 0) is 30.3 Å². The average molecular weight is 414 g/mol. The second-order valence-electron chi connectivity index (χ2n) is 6.28. The van der Waals surface area contributed by atoms with Crippen molar-refractivity contribution in [1.82, 2.24) is 4.57 Å². The van der Waals surface area contributed by atoms with Crippen LogP contribution < -0.4 is 19.8 Å². The maximum atomic E-state index is 12.9. The molecule has 7 nitrogen and oxygen atoms in total. The van der Waals surface area contributed by atoms with E-state index < -0.39 is 0 Å². The molecule has 0 saturated carbocycles. The van der Waals surface area contributed by atoms with Crippen LogP contribution in [0.25, 0.3) is 5.69 Å². The molecule has 0 amide bonds. The summed E-state index contributed by atoms with van der Waals surface area (Å²) in [6, 6.07) is 11.2. The molecule has 2 aromatic carbocycles. The average Bonchev–Trinajstić information content (AvgIpc) is 2.74. The van der Waals surface area contributed by atoms with Crippen molar-refractivity contribution in [3.8, 4) is 28.7 Å². The van der Waals surface area contributed by atoms with Gasteiger partial charge in [-0.15, -0.1) is 0 Å². The van der Waals surface area contributed by atoms with Crippen LogP contribution in [0.5, 0.6) is 23.0 Å². The summed E-state index contributed by atoms with van der Waals surface area (Å²) in [5, 5.41) is 9.96. The van der Waals surface area contributed by atoms with E-state index in [9.17, 15) is 14.7 Å². The lowest BCUT2D eigenvalue weighted by atomic mass is 10.2. The van der Waals surface area contributed by atoms with E-state index in [1.807, 2.05) is 0 Å². The highest BCUT2D eigenvalue weighted by Gasteiger charge is 2.14. The molecule has 0 bridgehead atoms. The molecule has 29 heavy (non-hydrogen) atoms. The van der Waals surface area contributed by atoms with Gasteiger partial charge in [-0.1, -0.05) is 11.6 Å². The molecule has 0 fully saturated rings. The zero-order valence-corrected chi connectivity index (χ0v) is 15.9. The Balaban J connectivity index is 1.60. The van der Waals surface area contributed by atoms with Gasteiger partial charge in [0.05, 0.1) is 21.8 Å². The monoisotopic (exact) mass is 413 g/mol. The van der Waals surface area contributed by atoms with Gasteiger partial charge in [0.25, 0.3) is 5.56 Å². The molecule has 0 atom stereocenters. The summed E-state index contributed by atoms with van der Waals surface area (Å²) in [4.78, 5) is 23.7. The van der Waals surface area contributed by atoms with Crippen LogP contribution in [0.2, 0.25) is 5.02 Å². The number of fused-ring (bicyclic) bond motifs is 1.